The lowest BCUT2D eigenvalue weighted by molar-refractivity contribution is -0.291. The smallest absolute Gasteiger partial charge is 0.129 e. The molecule has 0 aromatic heterocycles. The van der Waals surface area contributed by atoms with Crippen LogP contribution in [0.2, 0.25) is 0 Å². The Morgan fingerprint density at radius 2 is 0.750 bits per heavy atom. The number of carbonyl (C=O) groups is 3. The molecule has 4 bridgehead atoms. The molecule has 0 unspecified atom stereocenters. The van der Waals surface area contributed by atoms with Crippen LogP contribution in [-0.4, -0.2) is 54.0 Å². The van der Waals surface area contributed by atoms with Crippen LogP contribution >= 0.6 is 0 Å². The summed E-state index contributed by atoms with van der Waals surface area (Å²) in [6, 6.07) is 0. The topological polar surface area (TPSA) is 78.9 Å². The van der Waals surface area contributed by atoms with E-state index in [1.54, 1.807) is 20.8 Å². The number of unbranched alkanes of at least 4 members (excludes halogenated alkanes) is 9. The summed E-state index contributed by atoms with van der Waals surface area (Å²) in [6.07, 6.45) is 21.2. The number of ketones is 3. The Bertz CT molecular complexity index is 694. The van der Waals surface area contributed by atoms with E-state index in [1.807, 2.05) is 0 Å². The van der Waals surface area contributed by atoms with Crippen LogP contribution < -0.4 is 0 Å². The Hall–Kier alpha value is -1.11. The summed E-state index contributed by atoms with van der Waals surface area (Å²) in [7, 11) is 0. The van der Waals surface area contributed by atoms with Crippen molar-refractivity contribution in [3.8, 4) is 0 Å². The molecule has 0 aromatic rings. The van der Waals surface area contributed by atoms with Gasteiger partial charge < -0.3 is 28.6 Å². The van der Waals surface area contributed by atoms with E-state index in [4.69, 9.17) is 14.2 Å². The quantitative estimate of drug-likeness (QED) is 0.111. The third-order valence-electron chi connectivity index (χ3n) is 9.41. The maximum atomic E-state index is 11.2. The zero-order valence-corrected chi connectivity index (χ0v) is 26.0. The summed E-state index contributed by atoms with van der Waals surface area (Å²) in [5.74, 6) is 1.45. The molecule has 0 heterocycles. The first kappa shape index (κ1) is 33.4. The zero-order valence-electron chi connectivity index (χ0n) is 26.0. The summed E-state index contributed by atoms with van der Waals surface area (Å²) < 4.78 is 20.4. The van der Waals surface area contributed by atoms with Gasteiger partial charge >= 0.3 is 0 Å². The van der Waals surface area contributed by atoms with Crippen molar-refractivity contribution in [3.05, 3.63) is 0 Å². The van der Waals surface area contributed by atoms with Gasteiger partial charge in [0.25, 0.3) is 0 Å². The third kappa shape index (κ3) is 11.3. The first-order valence-electron chi connectivity index (χ1n) is 16.6. The molecule has 0 atom stereocenters. The molecule has 6 heteroatoms. The Morgan fingerprint density at radius 1 is 0.475 bits per heavy atom. The van der Waals surface area contributed by atoms with E-state index in [0.717, 1.165) is 135 Å². The van der Waals surface area contributed by atoms with Gasteiger partial charge in [0.1, 0.15) is 17.3 Å². The molecule has 0 N–H and O–H groups in total. The fourth-order valence-corrected chi connectivity index (χ4v) is 8.01. The lowest BCUT2D eigenvalue weighted by atomic mass is 9.50. The Morgan fingerprint density at radius 3 is 1.02 bits per heavy atom. The highest BCUT2D eigenvalue weighted by Gasteiger charge is 2.65. The second kappa shape index (κ2) is 16.5. The van der Waals surface area contributed by atoms with Gasteiger partial charge in [0.15, 0.2) is 0 Å². The van der Waals surface area contributed by atoms with Crippen molar-refractivity contribution in [1.82, 2.24) is 0 Å². The van der Waals surface area contributed by atoms with Crippen molar-refractivity contribution in [2.45, 2.75) is 172 Å². The molecule has 4 aliphatic rings. The van der Waals surface area contributed by atoms with Crippen LogP contribution in [0.3, 0.4) is 0 Å². The molecule has 4 saturated carbocycles. The van der Waals surface area contributed by atoms with Gasteiger partial charge in [-0.05, 0) is 84.5 Å². The maximum Gasteiger partial charge on any atom is 0.129 e. The summed E-state index contributed by atoms with van der Waals surface area (Å²) in [5.41, 5.74) is -0.411. The minimum absolute atomic E-state index is 0.137. The van der Waals surface area contributed by atoms with Gasteiger partial charge in [-0.2, -0.15) is 0 Å². The molecular formula is C34H58O6. The number of hydrogen-bond acceptors (Lipinski definition) is 6. The summed E-state index contributed by atoms with van der Waals surface area (Å²) in [6.45, 7) is 7.38. The summed E-state index contributed by atoms with van der Waals surface area (Å²) >= 11 is 0. The second-order valence-corrected chi connectivity index (χ2v) is 13.7. The molecule has 0 radical (unpaired) electrons. The zero-order chi connectivity index (χ0) is 28.9. The largest absolute Gasteiger partial charge is 0.375 e. The third-order valence-corrected chi connectivity index (χ3v) is 9.41. The second-order valence-electron chi connectivity index (χ2n) is 13.7. The van der Waals surface area contributed by atoms with E-state index in [1.165, 1.54) is 0 Å². The molecule has 230 valence electrons. The predicted molar refractivity (Wildman–Crippen MR) is 159 cm³/mol. The minimum Gasteiger partial charge on any atom is -0.375 e. The Labute approximate surface area is 244 Å². The van der Waals surface area contributed by atoms with Crippen LogP contribution in [0.1, 0.15) is 156 Å². The van der Waals surface area contributed by atoms with Crippen molar-refractivity contribution in [1.29, 1.82) is 0 Å². The molecule has 0 saturated heterocycles. The number of carbonyl (C=O) groups excluding carboxylic acids is 3. The van der Waals surface area contributed by atoms with Crippen LogP contribution in [0, 0.1) is 5.92 Å². The van der Waals surface area contributed by atoms with E-state index in [-0.39, 0.29) is 34.2 Å². The average molecular weight is 563 g/mol. The molecule has 40 heavy (non-hydrogen) atoms. The SMILES string of the molecule is CC(=O)CCCCCCOC12CC3CC(OCCCCCCC(C)=O)(C1)CC(OCCCCCCC(C)=O)(C3)C2. The Kier molecular flexibility index (Phi) is 13.8. The highest BCUT2D eigenvalue weighted by Crippen LogP contribution is 2.63. The van der Waals surface area contributed by atoms with Crippen LogP contribution in [0.15, 0.2) is 0 Å². The summed E-state index contributed by atoms with van der Waals surface area (Å²) in [4.78, 5) is 33.6. The van der Waals surface area contributed by atoms with Crippen LogP contribution in [-0.2, 0) is 28.6 Å². The Balaban J connectivity index is 1.51. The van der Waals surface area contributed by atoms with Gasteiger partial charge in [0, 0.05) is 58.3 Å². The van der Waals surface area contributed by atoms with Gasteiger partial charge in [-0.25, -0.2) is 0 Å². The van der Waals surface area contributed by atoms with Gasteiger partial charge in [0.2, 0.25) is 0 Å². The predicted octanol–water partition coefficient (Wildman–Crippen LogP) is 7.87. The van der Waals surface area contributed by atoms with Gasteiger partial charge in [-0.3, -0.25) is 0 Å². The van der Waals surface area contributed by atoms with Crippen molar-refractivity contribution in [3.63, 3.8) is 0 Å². The molecule has 4 aliphatic carbocycles. The van der Waals surface area contributed by atoms with Crippen molar-refractivity contribution in [2.24, 2.45) is 5.92 Å². The molecule has 4 rings (SSSR count). The molecule has 0 aromatic carbocycles. The number of Topliss-reactive ketones (excluding diaryl/α,β-unsaturated/α-hetero) is 3. The average Bonchev–Trinajstić information content (AvgIpc) is 2.85. The lowest BCUT2D eigenvalue weighted by Gasteiger charge is -2.65. The van der Waals surface area contributed by atoms with Crippen LogP contribution in [0.25, 0.3) is 0 Å². The van der Waals surface area contributed by atoms with E-state index in [9.17, 15) is 14.4 Å². The van der Waals surface area contributed by atoms with E-state index >= 15 is 0 Å². The van der Waals surface area contributed by atoms with Gasteiger partial charge in [-0.15, -0.1) is 0 Å². The number of rotatable bonds is 24. The molecule has 6 nitrogen and oxygen atoms in total. The van der Waals surface area contributed by atoms with Crippen molar-refractivity contribution in [2.75, 3.05) is 19.8 Å². The summed E-state index contributed by atoms with van der Waals surface area (Å²) in [5, 5.41) is 0. The standard InChI is InChI=1S/C34H58O6/c1-28(35)16-10-4-7-13-19-38-32-22-31-23-33(25-32,39-20-14-8-5-11-17-29(2)36)27-34(24-31,26-32)40-21-15-9-6-12-18-30(3)37/h31H,4-27H2,1-3H3. The van der Waals surface area contributed by atoms with Crippen molar-refractivity contribution < 1.29 is 28.6 Å². The normalized spacial score (nSPS) is 28.7. The minimum atomic E-state index is -0.137. The van der Waals surface area contributed by atoms with E-state index < -0.39 is 0 Å². The van der Waals surface area contributed by atoms with Crippen LogP contribution in [0.5, 0.6) is 0 Å². The maximum absolute atomic E-state index is 11.2. The first-order chi connectivity index (χ1) is 19.2. The van der Waals surface area contributed by atoms with Crippen molar-refractivity contribution >= 4 is 17.3 Å². The monoisotopic (exact) mass is 562 g/mol. The number of hydrogen-bond donors (Lipinski definition) is 0. The van der Waals surface area contributed by atoms with Gasteiger partial charge in [0.05, 0.1) is 16.8 Å². The first-order valence-corrected chi connectivity index (χ1v) is 16.6. The molecule has 0 aliphatic heterocycles. The van der Waals surface area contributed by atoms with Crippen LogP contribution in [0.4, 0.5) is 0 Å². The number of ether oxygens (including phenoxy) is 3. The van der Waals surface area contributed by atoms with E-state index in [2.05, 4.69) is 0 Å². The van der Waals surface area contributed by atoms with E-state index in [0.29, 0.717) is 25.2 Å². The highest BCUT2D eigenvalue weighted by molar-refractivity contribution is 5.75. The molecule has 0 amide bonds. The molecule has 4 fully saturated rings. The van der Waals surface area contributed by atoms with Gasteiger partial charge in [-0.1, -0.05) is 38.5 Å². The highest BCUT2D eigenvalue weighted by atomic mass is 16.5. The lowest BCUT2D eigenvalue weighted by Crippen LogP contribution is -2.68. The molecular weight excluding hydrogens is 504 g/mol. The fourth-order valence-electron chi connectivity index (χ4n) is 8.01. The molecule has 0 spiro atoms. The fraction of sp³-hybridized carbons (Fsp3) is 0.912.